The molecule has 3 rings (SSSR count). The van der Waals surface area contributed by atoms with Crippen LogP contribution in [-0.4, -0.2) is 32.7 Å². The summed E-state index contributed by atoms with van der Waals surface area (Å²) < 4.78 is 25.3. The van der Waals surface area contributed by atoms with Crippen molar-refractivity contribution < 1.29 is 18.4 Å². The third kappa shape index (κ3) is 3.48. The zero-order valence-electron chi connectivity index (χ0n) is 12.9. The van der Waals surface area contributed by atoms with Crippen LogP contribution in [-0.2, 0) is 11.3 Å². The molecule has 8 heteroatoms. The van der Waals surface area contributed by atoms with E-state index >= 15 is 0 Å². The van der Waals surface area contributed by atoms with E-state index in [-0.39, 0.29) is 18.0 Å². The molecule has 0 aliphatic carbocycles. The Morgan fingerprint density at radius 1 is 1.33 bits per heavy atom. The van der Waals surface area contributed by atoms with Crippen molar-refractivity contribution in [2.24, 2.45) is 0 Å². The fraction of sp³-hybridized carbons (Fsp3) is 0.250. The van der Waals surface area contributed by atoms with Crippen molar-refractivity contribution in [3.05, 3.63) is 65.3 Å². The zero-order chi connectivity index (χ0) is 16.9. The number of hydrogen-bond donors (Lipinski definition) is 0. The van der Waals surface area contributed by atoms with Crippen molar-refractivity contribution >= 4 is 5.97 Å². The Labute approximate surface area is 137 Å². The number of benzene rings is 1. The van der Waals surface area contributed by atoms with Crippen molar-refractivity contribution in [3.8, 4) is 0 Å². The molecule has 7 nitrogen and oxygen atoms in total. The predicted molar refractivity (Wildman–Crippen MR) is 81.0 cm³/mol. The molecule has 0 radical (unpaired) electrons. The van der Waals surface area contributed by atoms with Crippen LogP contribution < -0.4 is 0 Å². The van der Waals surface area contributed by atoms with Gasteiger partial charge >= 0.3 is 5.97 Å². The molecular formula is C16H15FN4O3. The van der Waals surface area contributed by atoms with E-state index in [9.17, 15) is 9.18 Å². The smallest absolute Gasteiger partial charge is 0.360 e. The Morgan fingerprint density at radius 3 is 2.79 bits per heavy atom. The molecule has 124 valence electrons. The van der Waals surface area contributed by atoms with Crippen LogP contribution in [0.3, 0.4) is 0 Å². The molecule has 0 fully saturated rings. The molecule has 0 bridgehead atoms. The average molecular weight is 330 g/mol. The quantitative estimate of drug-likeness (QED) is 0.646. The topological polar surface area (TPSA) is 83.0 Å². The van der Waals surface area contributed by atoms with Crippen LogP contribution in [0.5, 0.6) is 0 Å². The molecule has 3 aromatic rings. The summed E-state index contributed by atoms with van der Waals surface area (Å²) in [6.45, 7) is 2.41. The highest BCUT2D eigenvalue weighted by Gasteiger charge is 2.16. The summed E-state index contributed by atoms with van der Waals surface area (Å²) in [5.41, 5.74) is 1.77. The van der Waals surface area contributed by atoms with Crippen LogP contribution in [0.1, 0.15) is 40.4 Å². The monoisotopic (exact) mass is 330 g/mol. The number of nitrogens with zero attached hydrogens (tertiary/aromatic N) is 4. The maximum atomic E-state index is 14.2. The summed E-state index contributed by atoms with van der Waals surface area (Å²) in [6, 6.07) is 8.42. The second kappa shape index (κ2) is 7.03. The molecule has 1 unspecified atom stereocenters. The predicted octanol–water partition coefficient (Wildman–Crippen LogP) is 2.55. The number of carbonyl (C=O) groups is 1. The van der Waals surface area contributed by atoms with Gasteiger partial charge in [-0.3, -0.25) is 0 Å². The van der Waals surface area contributed by atoms with E-state index in [0.717, 1.165) is 5.56 Å². The van der Waals surface area contributed by atoms with Crippen LogP contribution in [0.2, 0.25) is 0 Å². The molecule has 0 aliphatic heterocycles. The lowest BCUT2D eigenvalue weighted by molar-refractivity contribution is 0.0519. The van der Waals surface area contributed by atoms with E-state index in [1.54, 1.807) is 31.2 Å². The zero-order valence-corrected chi connectivity index (χ0v) is 12.9. The number of aromatic nitrogens is 4. The van der Waals surface area contributed by atoms with Crippen molar-refractivity contribution in [3.63, 3.8) is 0 Å². The van der Waals surface area contributed by atoms with Gasteiger partial charge in [-0.2, -0.15) is 0 Å². The number of alkyl halides is 1. The normalized spacial score (nSPS) is 12.1. The standard InChI is InChI=1S/C16H15FN4O3/c1-2-23-16(22)14-10-21(20-18-14)9-11-3-5-12(6-4-11)15(17)13-7-8-24-19-13/h3-8,10,15H,2,9H2,1H3. The number of carbonyl (C=O) groups excluding carboxylic acids is 1. The first-order chi connectivity index (χ1) is 11.7. The van der Waals surface area contributed by atoms with Crippen LogP contribution in [0.4, 0.5) is 4.39 Å². The second-order valence-electron chi connectivity index (χ2n) is 5.05. The minimum atomic E-state index is -1.33. The second-order valence-corrected chi connectivity index (χ2v) is 5.05. The Balaban J connectivity index is 1.67. The van der Waals surface area contributed by atoms with Gasteiger partial charge in [0.25, 0.3) is 0 Å². The SMILES string of the molecule is CCOC(=O)c1cn(Cc2ccc(C(F)c3ccon3)cc2)nn1. The molecule has 0 spiro atoms. The van der Waals surface area contributed by atoms with Gasteiger partial charge in [-0.1, -0.05) is 34.6 Å². The lowest BCUT2D eigenvalue weighted by Gasteiger charge is -2.06. The van der Waals surface area contributed by atoms with Gasteiger partial charge < -0.3 is 9.26 Å². The maximum absolute atomic E-state index is 14.2. The highest BCUT2D eigenvalue weighted by molar-refractivity contribution is 5.86. The molecule has 0 amide bonds. The Hall–Kier alpha value is -3.03. The minimum absolute atomic E-state index is 0.156. The molecule has 0 saturated carbocycles. The van der Waals surface area contributed by atoms with Gasteiger partial charge in [0.05, 0.1) is 19.3 Å². The van der Waals surface area contributed by atoms with Gasteiger partial charge in [0.2, 0.25) is 0 Å². The summed E-state index contributed by atoms with van der Waals surface area (Å²) in [5.74, 6) is -0.507. The lowest BCUT2D eigenvalue weighted by Crippen LogP contribution is -2.05. The van der Waals surface area contributed by atoms with Crippen molar-refractivity contribution in [1.82, 2.24) is 20.2 Å². The molecule has 24 heavy (non-hydrogen) atoms. The Morgan fingerprint density at radius 2 is 2.12 bits per heavy atom. The van der Waals surface area contributed by atoms with E-state index in [0.29, 0.717) is 12.1 Å². The molecule has 0 N–H and O–H groups in total. The van der Waals surface area contributed by atoms with Crippen molar-refractivity contribution in [2.45, 2.75) is 19.6 Å². The number of rotatable bonds is 6. The third-order valence-corrected chi connectivity index (χ3v) is 3.36. The van der Waals surface area contributed by atoms with Crippen LogP contribution in [0.25, 0.3) is 0 Å². The van der Waals surface area contributed by atoms with Gasteiger partial charge in [0, 0.05) is 6.07 Å². The first-order valence-corrected chi connectivity index (χ1v) is 7.38. The molecule has 0 saturated heterocycles. The number of halogens is 1. The van der Waals surface area contributed by atoms with Gasteiger partial charge in [0.1, 0.15) is 12.0 Å². The third-order valence-electron chi connectivity index (χ3n) is 3.36. The molecule has 0 aliphatic rings. The Kier molecular flexibility index (Phi) is 4.64. The largest absolute Gasteiger partial charge is 0.461 e. The highest BCUT2D eigenvalue weighted by atomic mass is 19.1. The van der Waals surface area contributed by atoms with Crippen LogP contribution >= 0.6 is 0 Å². The fourth-order valence-corrected chi connectivity index (χ4v) is 2.18. The molecule has 1 aromatic carbocycles. The van der Waals surface area contributed by atoms with E-state index < -0.39 is 12.1 Å². The average Bonchev–Trinajstić information content (AvgIpc) is 3.27. The number of ether oxygens (including phenoxy) is 1. The molecule has 2 aromatic heterocycles. The summed E-state index contributed by atoms with van der Waals surface area (Å²) in [7, 11) is 0. The van der Waals surface area contributed by atoms with Gasteiger partial charge in [0.15, 0.2) is 11.9 Å². The van der Waals surface area contributed by atoms with Crippen LogP contribution in [0, 0.1) is 0 Å². The summed E-state index contributed by atoms with van der Waals surface area (Å²) >= 11 is 0. The molecule has 1 atom stereocenters. The summed E-state index contributed by atoms with van der Waals surface area (Å²) in [4.78, 5) is 11.5. The number of esters is 1. The highest BCUT2D eigenvalue weighted by Crippen LogP contribution is 2.24. The summed E-state index contributed by atoms with van der Waals surface area (Å²) in [6.07, 6.45) is 1.51. The van der Waals surface area contributed by atoms with E-state index in [4.69, 9.17) is 4.74 Å². The van der Waals surface area contributed by atoms with Crippen molar-refractivity contribution in [1.29, 1.82) is 0 Å². The lowest BCUT2D eigenvalue weighted by atomic mass is 10.1. The van der Waals surface area contributed by atoms with Crippen LogP contribution in [0.15, 0.2) is 47.3 Å². The van der Waals surface area contributed by atoms with Gasteiger partial charge in [-0.25, -0.2) is 13.9 Å². The maximum Gasteiger partial charge on any atom is 0.360 e. The van der Waals surface area contributed by atoms with Gasteiger partial charge in [-0.15, -0.1) is 5.10 Å². The molecule has 2 heterocycles. The van der Waals surface area contributed by atoms with Crippen molar-refractivity contribution in [2.75, 3.05) is 6.61 Å². The first kappa shape index (κ1) is 15.9. The first-order valence-electron chi connectivity index (χ1n) is 7.38. The minimum Gasteiger partial charge on any atom is -0.461 e. The van der Waals surface area contributed by atoms with E-state index in [1.807, 2.05) is 0 Å². The van der Waals surface area contributed by atoms with E-state index in [1.165, 1.54) is 23.2 Å². The summed E-state index contributed by atoms with van der Waals surface area (Å²) in [5, 5.41) is 11.3. The fourth-order valence-electron chi connectivity index (χ4n) is 2.18. The molecular weight excluding hydrogens is 315 g/mol. The van der Waals surface area contributed by atoms with Gasteiger partial charge in [-0.05, 0) is 18.1 Å². The Bertz CT molecular complexity index is 799. The van der Waals surface area contributed by atoms with E-state index in [2.05, 4.69) is 20.0 Å². The number of hydrogen-bond acceptors (Lipinski definition) is 6.